The smallest absolute Gasteiger partial charge is 0.239 e. The number of amides is 1. The number of nitrogens with two attached hydrogens (primary N) is 1. The molecule has 1 unspecified atom stereocenters. The Hall–Kier alpha value is -2.14. The van der Waals surface area contributed by atoms with Gasteiger partial charge in [0.05, 0.1) is 12.6 Å². The van der Waals surface area contributed by atoms with Gasteiger partial charge in [-0.25, -0.2) is 0 Å². The van der Waals surface area contributed by atoms with Crippen LogP contribution in [0, 0.1) is 0 Å². The van der Waals surface area contributed by atoms with Crippen molar-refractivity contribution >= 4 is 5.91 Å². The maximum atomic E-state index is 12.2. The number of hydrogen-bond acceptors (Lipinski definition) is 3. The summed E-state index contributed by atoms with van der Waals surface area (Å²) in [5.41, 5.74) is 7.06. The molecule has 2 N–H and O–H groups in total. The van der Waals surface area contributed by atoms with Gasteiger partial charge in [0, 0.05) is 26.0 Å². The molecule has 1 aromatic heterocycles. The van der Waals surface area contributed by atoms with Gasteiger partial charge in [-0.2, -0.15) is 5.10 Å². The maximum absolute atomic E-state index is 12.2. The molecule has 0 fully saturated rings. The van der Waals surface area contributed by atoms with Crippen LogP contribution in [0.1, 0.15) is 5.56 Å². The van der Waals surface area contributed by atoms with Crippen molar-refractivity contribution in [1.82, 2.24) is 14.7 Å². The average molecular weight is 272 g/mol. The van der Waals surface area contributed by atoms with Gasteiger partial charge in [0.1, 0.15) is 0 Å². The molecule has 1 atom stereocenters. The largest absolute Gasteiger partial charge is 0.343 e. The van der Waals surface area contributed by atoms with Gasteiger partial charge in [0.15, 0.2) is 0 Å². The summed E-state index contributed by atoms with van der Waals surface area (Å²) in [6.45, 7) is 1.27. The van der Waals surface area contributed by atoms with Crippen molar-refractivity contribution in [3.63, 3.8) is 0 Å². The minimum absolute atomic E-state index is 0.0407. The van der Waals surface area contributed by atoms with Crippen LogP contribution in [-0.4, -0.2) is 40.2 Å². The van der Waals surface area contributed by atoms with E-state index in [1.807, 2.05) is 42.6 Å². The molecule has 0 radical (unpaired) electrons. The fourth-order valence-electron chi connectivity index (χ4n) is 2.03. The van der Waals surface area contributed by atoms with Gasteiger partial charge in [0.25, 0.3) is 0 Å². The number of rotatable bonds is 6. The number of aromatic nitrogens is 2. The second-order valence-corrected chi connectivity index (χ2v) is 4.83. The highest BCUT2D eigenvalue weighted by atomic mass is 16.2. The molecule has 2 aromatic rings. The molecular weight excluding hydrogens is 252 g/mol. The summed E-state index contributed by atoms with van der Waals surface area (Å²) >= 11 is 0. The topological polar surface area (TPSA) is 64.2 Å². The Bertz CT molecular complexity index is 524. The second kappa shape index (κ2) is 6.86. The van der Waals surface area contributed by atoms with Gasteiger partial charge in [-0.3, -0.25) is 9.48 Å². The Morgan fingerprint density at radius 1 is 1.35 bits per heavy atom. The van der Waals surface area contributed by atoms with Crippen LogP contribution in [0.15, 0.2) is 48.8 Å². The zero-order valence-corrected chi connectivity index (χ0v) is 11.6. The Balaban J connectivity index is 1.83. The molecule has 1 heterocycles. The zero-order chi connectivity index (χ0) is 14.4. The van der Waals surface area contributed by atoms with E-state index in [-0.39, 0.29) is 5.91 Å². The highest BCUT2D eigenvalue weighted by molar-refractivity contribution is 5.81. The fraction of sp³-hybridized carbons (Fsp3) is 0.333. The van der Waals surface area contributed by atoms with Gasteiger partial charge in [0.2, 0.25) is 5.91 Å². The summed E-state index contributed by atoms with van der Waals surface area (Å²) in [4.78, 5) is 13.8. The number of hydrogen-bond donors (Lipinski definition) is 1. The monoisotopic (exact) mass is 272 g/mol. The van der Waals surface area contributed by atoms with E-state index in [1.54, 1.807) is 22.8 Å². The maximum Gasteiger partial charge on any atom is 0.239 e. The lowest BCUT2D eigenvalue weighted by Gasteiger charge is -2.21. The molecule has 0 saturated heterocycles. The third-order valence-corrected chi connectivity index (χ3v) is 3.22. The molecular formula is C15H20N4O. The van der Waals surface area contributed by atoms with E-state index in [0.717, 1.165) is 5.56 Å². The first-order valence-electron chi connectivity index (χ1n) is 6.68. The van der Waals surface area contributed by atoms with Gasteiger partial charge < -0.3 is 10.6 Å². The number of benzene rings is 1. The summed E-state index contributed by atoms with van der Waals surface area (Å²) in [5.74, 6) is -0.0407. The first-order valence-corrected chi connectivity index (χ1v) is 6.68. The quantitative estimate of drug-likeness (QED) is 0.850. The van der Waals surface area contributed by atoms with Crippen LogP contribution in [0.5, 0.6) is 0 Å². The van der Waals surface area contributed by atoms with Crippen molar-refractivity contribution in [2.24, 2.45) is 5.73 Å². The standard InChI is InChI=1S/C15H20N4O/c1-18(10-11-19-9-5-8-17-19)15(20)14(16)12-13-6-3-2-4-7-13/h2-9,14H,10-12,16H2,1H3. The number of likely N-dealkylation sites (N-methyl/N-ethyl adjacent to an activating group) is 1. The summed E-state index contributed by atoms with van der Waals surface area (Å²) in [6.07, 6.45) is 4.16. The fourth-order valence-corrected chi connectivity index (χ4v) is 2.03. The molecule has 1 aromatic carbocycles. The van der Waals surface area contributed by atoms with Crippen LogP contribution in [-0.2, 0) is 17.8 Å². The van der Waals surface area contributed by atoms with E-state index >= 15 is 0 Å². The second-order valence-electron chi connectivity index (χ2n) is 4.83. The molecule has 106 valence electrons. The lowest BCUT2D eigenvalue weighted by molar-refractivity contribution is -0.131. The molecule has 0 bridgehead atoms. The van der Waals surface area contributed by atoms with Crippen LogP contribution in [0.2, 0.25) is 0 Å². The predicted octanol–water partition coefficient (Wildman–Crippen LogP) is 0.912. The Morgan fingerprint density at radius 3 is 2.75 bits per heavy atom. The lowest BCUT2D eigenvalue weighted by Crippen LogP contribution is -2.44. The summed E-state index contributed by atoms with van der Waals surface area (Å²) < 4.78 is 1.80. The van der Waals surface area contributed by atoms with Gasteiger partial charge >= 0.3 is 0 Å². The molecule has 5 nitrogen and oxygen atoms in total. The van der Waals surface area contributed by atoms with Crippen LogP contribution in [0.4, 0.5) is 0 Å². The van der Waals surface area contributed by atoms with E-state index < -0.39 is 6.04 Å². The molecule has 0 aliphatic carbocycles. The molecule has 2 rings (SSSR count). The van der Waals surface area contributed by atoms with E-state index in [4.69, 9.17) is 5.73 Å². The third kappa shape index (κ3) is 3.93. The van der Waals surface area contributed by atoms with E-state index in [2.05, 4.69) is 5.10 Å². The molecule has 20 heavy (non-hydrogen) atoms. The van der Waals surface area contributed by atoms with Crippen molar-refractivity contribution in [2.45, 2.75) is 19.0 Å². The van der Waals surface area contributed by atoms with Crippen molar-refractivity contribution in [2.75, 3.05) is 13.6 Å². The highest BCUT2D eigenvalue weighted by Gasteiger charge is 2.18. The summed E-state index contributed by atoms with van der Waals surface area (Å²) in [6, 6.07) is 11.2. The molecule has 0 spiro atoms. The van der Waals surface area contributed by atoms with Crippen LogP contribution in [0.25, 0.3) is 0 Å². The predicted molar refractivity (Wildman–Crippen MR) is 78.0 cm³/mol. The van der Waals surface area contributed by atoms with Gasteiger partial charge in [-0.05, 0) is 18.1 Å². The molecule has 1 amide bonds. The lowest BCUT2D eigenvalue weighted by atomic mass is 10.1. The average Bonchev–Trinajstić information content (AvgIpc) is 2.98. The van der Waals surface area contributed by atoms with E-state index in [0.29, 0.717) is 19.5 Å². The normalized spacial score (nSPS) is 12.1. The molecule has 0 aliphatic heterocycles. The Morgan fingerprint density at radius 2 is 2.10 bits per heavy atom. The van der Waals surface area contributed by atoms with Crippen molar-refractivity contribution in [1.29, 1.82) is 0 Å². The highest BCUT2D eigenvalue weighted by Crippen LogP contribution is 2.04. The molecule has 5 heteroatoms. The van der Waals surface area contributed by atoms with Gasteiger partial charge in [-0.1, -0.05) is 30.3 Å². The first-order chi connectivity index (χ1) is 9.66. The Kier molecular flexibility index (Phi) is 4.90. The van der Waals surface area contributed by atoms with Crippen molar-refractivity contribution < 1.29 is 4.79 Å². The number of carbonyl (C=O) groups is 1. The van der Waals surface area contributed by atoms with Gasteiger partial charge in [-0.15, -0.1) is 0 Å². The first kappa shape index (κ1) is 14.3. The molecule has 0 aliphatic rings. The number of nitrogens with zero attached hydrogens (tertiary/aromatic N) is 3. The third-order valence-electron chi connectivity index (χ3n) is 3.22. The van der Waals surface area contributed by atoms with E-state index in [9.17, 15) is 4.79 Å². The number of carbonyl (C=O) groups excluding carboxylic acids is 1. The van der Waals surface area contributed by atoms with Crippen LogP contribution < -0.4 is 5.73 Å². The van der Waals surface area contributed by atoms with Crippen molar-refractivity contribution in [3.8, 4) is 0 Å². The zero-order valence-electron chi connectivity index (χ0n) is 11.6. The van der Waals surface area contributed by atoms with Crippen molar-refractivity contribution in [3.05, 3.63) is 54.4 Å². The summed E-state index contributed by atoms with van der Waals surface area (Å²) in [5, 5.41) is 4.11. The van der Waals surface area contributed by atoms with E-state index in [1.165, 1.54) is 0 Å². The molecule has 0 saturated carbocycles. The van der Waals surface area contributed by atoms with Crippen LogP contribution >= 0.6 is 0 Å². The summed E-state index contributed by atoms with van der Waals surface area (Å²) in [7, 11) is 1.77. The van der Waals surface area contributed by atoms with Crippen LogP contribution in [0.3, 0.4) is 0 Å². The minimum Gasteiger partial charge on any atom is -0.343 e. The minimum atomic E-state index is -0.500. The SMILES string of the molecule is CN(CCn1cccn1)C(=O)C(N)Cc1ccccc1. The Labute approximate surface area is 119 Å².